The van der Waals surface area contributed by atoms with Crippen molar-refractivity contribution in [1.82, 2.24) is 9.78 Å². The van der Waals surface area contributed by atoms with E-state index in [2.05, 4.69) is 5.10 Å². The molecular formula is C24H23ClN2O4. The summed E-state index contributed by atoms with van der Waals surface area (Å²) in [4.78, 5) is 25.1. The second kappa shape index (κ2) is 8.94. The smallest absolute Gasteiger partial charge is 0.267 e. The van der Waals surface area contributed by atoms with Gasteiger partial charge in [-0.25, -0.2) is 4.68 Å². The molecule has 4 rings (SSSR count). The third kappa shape index (κ3) is 4.97. The van der Waals surface area contributed by atoms with Gasteiger partial charge in [0.15, 0.2) is 5.78 Å². The maximum atomic E-state index is 12.9. The Kier molecular flexibility index (Phi) is 6.09. The van der Waals surface area contributed by atoms with Crippen LogP contribution in [0.2, 0.25) is 5.02 Å². The predicted octanol–water partition coefficient (Wildman–Crippen LogP) is 4.61. The fourth-order valence-corrected chi connectivity index (χ4v) is 3.49. The zero-order chi connectivity index (χ0) is 22.0. The number of nitrogens with zero attached hydrogens (tertiary/aromatic N) is 2. The highest BCUT2D eigenvalue weighted by molar-refractivity contribution is 6.31. The third-order valence-electron chi connectivity index (χ3n) is 5.26. The molecule has 1 aromatic heterocycles. The number of ether oxygens (including phenoxy) is 2. The van der Waals surface area contributed by atoms with E-state index >= 15 is 0 Å². The number of ketones is 1. The monoisotopic (exact) mass is 438 g/mol. The Morgan fingerprint density at radius 3 is 2.52 bits per heavy atom. The zero-order valence-corrected chi connectivity index (χ0v) is 18.2. The molecule has 1 aliphatic carbocycles. The second-order valence-corrected chi connectivity index (χ2v) is 8.14. The Hall–Kier alpha value is -3.12. The number of methoxy groups -OCH3 is 1. The molecule has 7 heteroatoms. The summed E-state index contributed by atoms with van der Waals surface area (Å²) in [5.74, 6) is 1.45. The molecule has 0 amide bonds. The van der Waals surface area contributed by atoms with E-state index in [1.54, 1.807) is 25.3 Å². The molecule has 0 unspecified atom stereocenters. The van der Waals surface area contributed by atoms with Crippen molar-refractivity contribution in [1.29, 1.82) is 0 Å². The van der Waals surface area contributed by atoms with Crippen LogP contribution in [0, 0.1) is 5.92 Å². The minimum atomic E-state index is -0.293. The van der Waals surface area contributed by atoms with Gasteiger partial charge in [-0.3, -0.25) is 9.59 Å². The summed E-state index contributed by atoms with van der Waals surface area (Å²) in [5, 5.41) is 4.98. The van der Waals surface area contributed by atoms with E-state index in [1.807, 2.05) is 24.3 Å². The van der Waals surface area contributed by atoms with Gasteiger partial charge in [0.2, 0.25) is 5.88 Å². The van der Waals surface area contributed by atoms with E-state index in [4.69, 9.17) is 21.1 Å². The van der Waals surface area contributed by atoms with Gasteiger partial charge in [0.1, 0.15) is 5.75 Å². The van der Waals surface area contributed by atoms with Gasteiger partial charge >= 0.3 is 0 Å². The highest BCUT2D eigenvalue weighted by Gasteiger charge is 2.24. The standard InChI is InChI=1S/C24H23ClN2O4/c1-15(28)20-10-7-18(25)11-21(20)22-12-23(29)27(26-24(22)31-14-17-3-4-17)13-16-5-8-19(30-2)9-6-16/h5-12,17H,3-4,13-14H2,1-2H3. The zero-order valence-electron chi connectivity index (χ0n) is 17.4. The molecule has 0 saturated heterocycles. The summed E-state index contributed by atoms with van der Waals surface area (Å²) in [6.45, 7) is 2.30. The van der Waals surface area contributed by atoms with E-state index in [0.29, 0.717) is 40.1 Å². The Balaban J connectivity index is 1.76. The van der Waals surface area contributed by atoms with E-state index in [-0.39, 0.29) is 17.9 Å². The average Bonchev–Trinajstić information content (AvgIpc) is 3.58. The second-order valence-electron chi connectivity index (χ2n) is 7.71. The molecule has 6 nitrogen and oxygen atoms in total. The minimum absolute atomic E-state index is 0.123. The number of benzene rings is 2. The summed E-state index contributed by atoms with van der Waals surface area (Å²) in [5.41, 5.74) is 2.11. The van der Waals surface area contributed by atoms with Crippen LogP contribution >= 0.6 is 11.6 Å². The maximum Gasteiger partial charge on any atom is 0.267 e. The van der Waals surface area contributed by atoms with E-state index in [0.717, 1.165) is 24.2 Å². The van der Waals surface area contributed by atoms with Crippen molar-refractivity contribution >= 4 is 17.4 Å². The van der Waals surface area contributed by atoms with Gasteiger partial charge in [0, 0.05) is 16.7 Å². The number of rotatable bonds is 8. The molecule has 0 bridgehead atoms. The number of carbonyl (C=O) groups is 1. The van der Waals surface area contributed by atoms with Crippen LogP contribution in [-0.2, 0) is 6.54 Å². The van der Waals surface area contributed by atoms with Crippen LogP contribution in [-0.4, -0.2) is 29.3 Å². The van der Waals surface area contributed by atoms with Gasteiger partial charge < -0.3 is 9.47 Å². The topological polar surface area (TPSA) is 70.4 Å². The molecule has 31 heavy (non-hydrogen) atoms. The Labute approximate surface area is 185 Å². The number of hydrogen-bond acceptors (Lipinski definition) is 5. The van der Waals surface area contributed by atoms with Gasteiger partial charge in [-0.15, -0.1) is 5.10 Å². The van der Waals surface area contributed by atoms with Crippen LogP contribution < -0.4 is 15.0 Å². The molecule has 0 N–H and O–H groups in total. The Bertz CT molecular complexity index is 1170. The molecule has 3 aromatic rings. The first-order valence-corrected chi connectivity index (χ1v) is 10.5. The summed E-state index contributed by atoms with van der Waals surface area (Å²) < 4.78 is 12.6. The number of carbonyl (C=O) groups excluding carboxylic acids is 1. The molecule has 1 aliphatic rings. The van der Waals surface area contributed by atoms with Crippen LogP contribution in [0.3, 0.4) is 0 Å². The van der Waals surface area contributed by atoms with E-state index in [1.165, 1.54) is 17.7 Å². The molecule has 160 valence electrons. The lowest BCUT2D eigenvalue weighted by atomic mass is 9.98. The fraction of sp³-hybridized carbons (Fsp3) is 0.292. The SMILES string of the molecule is COc1ccc(Cn2nc(OCC3CC3)c(-c3cc(Cl)ccc3C(C)=O)cc2=O)cc1. The summed E-state index contributed by atoms with van der Waals surface area (Å²) in [7, 11) is 1.61. The van der Waals surface area contributed by atoms with Crippen LogP contribution in [0.5, 0.6) is 11.6 Å². The Morgan fingerprint density at radius 2 is 1.87 bits per heavy atom. The first-order chi connectivity index (χ1) is 14.9. The normalized spacial score (nSPS) is 13.1. The average molecular weight is 439 g/mol. The molecule has 0 spiro atoms. The molecule has 0 atom stereocenters. The molecule has 0 radical (unpaired) electrons. The molecule has 1 fully saturated rings. The summed E-state index contributed by atoms with van der Waals surface area (Å²) in [6, 6.07) is 13.9. The van der Waals surface area contributed by atoms with Crippen molar-refractivity contribution in [2.45, 2.75) is 26.3 Å². The lowest BCUT2D eigenvalue weighted by Gasteiger charge is -2.15. The lowest BCUT2D eigenvalue weighted by Crippen LogP contribution is -2.24. The van der Waals surface area contributed by atoms with Crippen LogP contribution in [0.1, 0.15) is 35.7 Å². The van der Waals surface area contributed by atoms with Crippen molar-refractivity contribution in [2.24, 2.45) is 5.92 Å². The highest BCUT2D eigenvalue weighted by Crippen LogP contribution is 2.34. The van der Waals surface area contributed by atoms with Gasteiger partial charge in [-0.05, 0) is 67.1 Å². The van der Waals surface area contributed by atoms with Crippen molar-refractivity contribution in [3.05, 3.63) is 75.0 Å². The Morgan fingerprint density at radius 1 is 1.13 bits per heavy atom. The fourth-order valence-electron chi connectivity index (χ4n) is 3.32. The number of hydrogen-bond donors (Lipinski definition) is 0. The van der Waals surface area contributed by atoms with Crippen molar-refractivity contribution < 1.29 is 14.3 Å². The lowest BCUT2D eigenvalue weighted by molar-refractivity contribution is 0.101. The van der Waals surface area contributed by atoms with Crippen LogP contribution in [0.25, 0.3) is 11.1 Å². The van der Waals surface area contributed by atoms with Crippen molar-refractivity contribution in [3.8, 4) is 22.8 Å². The number of aromatic nitrogens is 2. The molecular weight excluding hydrogens is 416 g/mol. The molecule has 0 aliphatic heterocycles. The van der Waals surface area contributed by atoms with Gasteiger partial charge in [-0.1, -0.05) is 23.7 Å². The minimum Gasteiger partial charge on any atom is -0.497 e. The first-order valence-electron chi connectivity index (χ1n) is 10.1. The van der Waals surface area contributed by atoms with Crippen molar-refractivity contribution in [2.75, 3.05) is 13.7 Å². The van der Waals surface area contributed by atoms with Gasteiger partial charge in [-0.2, -0.15) is 0 Å². The van der Waals surface area contributed by atoms with Gasteiger partial charge in [0.05, 0.1) is 25.8 Å². The molecule has 1 heterocycles. The van der Waals surface area contributed by atoms with E-state index < -0.39 is 0 Å². The highest BCUT2D eigenvalue weighted by atomic mass is 35.5. The molecule has 1 saturated carbocycles. The van der Waals surface area contributed by atoms with Crippen molar-refractivity contribution in [3.63, 3.8) is 0 Å². The summed E-state index contributed by atoms with van der Waals surface area (Å²) in [6.07, 6.45) is 2.24. The van der Waals surface area contributed by atoms with Crippen LogP contribution in [0.4, 0.5) is 0 Å². The number of halogens is 1. The third-order valence-corrected chi connectivity index (χ3v) is 5.49. The van der Waals surface area contributed by atoms with E-state index in [9.17, 15) is 9.59 Å². The first kappa shape index (κ1) is 21.1. The quantitative estimate of drug-likeness (QED) is 0.480. The summed E-state index contributed by atoms with van der Waals surface area (Å²) >= 11 is 6.20. The molecule has 2 aromatic carbocycles. The maximum absolute atomic E-state index is 12.9. The number of Topliss-reactive ketones (excluding diaryl/α,β-unsaturated/α-hetero) is 1. The largest absolute Gasteiger partial charge is 0.497 e. The van der Waals surface area contributed by atoms with Gasteiger partial charge in [0.25, 0.3) is 5.56 Å². The predicted molar refractivity (Wildman–Crippen MR) is 119 cm³/mol. The van der Waals surface area contributed by atoms with Crippen LogP contribution in [0.15, 0.2) is 53.3 Å².